The molecular weight excluding hydrogens is 357 g/mol. The highest BCUT2D eigenvalue weighted by molar-refractivity contribution is 6.42. The Labute approximate surface area is 140 Å². The van der Waals surface area contributed by atoms with Crippen LogP contribution in [0.1, 0.15) is 5.82 Å². The Balaban J connectivity index is 2.34. The van der Waals surface area contributed by atoms with E-state index in [1.165, 1.54) is 12.1 Å². The summed E-state index contributed by atoms with van der Waals surface area (Å²) in [4.78, 5) is 4.39. The van der Waals surface area contributed by atoms with Crippen LogP contribution in [0.15, 0.2) is 30.3 Å². The van der Waals surface area contributed by atoms with Crippen molar-refractivity contribution in [3.63, 3.8) is 0 Å². The number of benzene rings is 2. The molecule has 0 aliphatic rings. The molecule has 0 saturated heterocycles. The van der Waals surface area contributed by atoms with E-state index in [-0.39, 0.29) is 10.9 Å². The lowest BCUT2D eigenvalue weighted by Crippen LogP contribution is -2.00. The minimum atomic E-state index is -0.517. The van der Waals surface area contributed by atoms with Gasteiger partial charge in [-0.05, 0) is 30.3 Å². The molecule has 0 bridgehead atoms. The van der Waals surface area contributed by atoms with Gasteiger partial charge < -0.3 is 0 Å². The molecular formula is C14H7Cl4FN2. The quantitative estimate of drug-likeness (QED) is 0.521. The zero-order chi connectivity index (χ0) is 15.1. The molecule has 0 saturated carbocycles. The summed E-state index contributed by atoms with van der Waals surface area (Å²) in [5.41, 5.74) is 1.89. The Morgan fingerprint density at radius 2 is 1.71 bits per heavy atom. The summed E-state index contributed by atoms with van der Waals surface area (Å²) in [6.07, 6.45) is 0. The maximum Gasteiger partial charge on any atom is 0.143 e. The van der Waals surface area contributed by atoms with Crippen LogP contribution in [-0.4, -0.2) is 9.55 Å². The van der Waals surface area contributed by atoms with Crippen molar-refractivity contribution >= 4 is 57.4 Å². The van der Waals surface area contributed by atoms with E-state index in [0.717, 1.165) is 0 Å². The molecule has 21 heavy (non-hydrogen) atoms. The summed E-state index contributed by atoms with van der Waals surface area (Å²) in [5, 5.41) is 0.842. The highest BCUT2D eigenvalue weighted by Crippen LogP contribution is 2.31. The standard InChI is InChI=1S/C14H7Cl4FN2/c15-6-14-20-12-4-9(17)10(18)5-13(12)21(14)7-1-2-8(16)11(19)3-7/h1-5H,6H2. The third-order valence-electron chi connectivity index (χ3n) is 3.05. The molecule has 0 radical (unpaired) electrons. The molecule has 0 fully saturated rings. The first-order chi connectivity index (χ1) is 10.0. The van der Waals surface area contributed by atoms with Crippen LogP contribution in [0.25, 0.3) is 16.7 Å². The van der Waals surface area contributed by atoms with Crippen molar-refractivity contribution in [3.05, 3.63) is 57.0 Å². The average Bonchev–Trinajstić information content (AvgIpc) is 2.80. The third-order valence-corrected chi connectivity index (χ3v) is 4.31. The van der Waals surface area contributed by atoms with Gasteiger partial charge in [-0.2, -0.15) is 0 Å². The Hall–Kier alpha value is -1.000. The van der Waals surface area contributed by atoms with Crippen molar-refractivity contribution in [2.45, 2.75) is 5.88 Å². The smallest absolute Gasteiger partial charge is 0.143 e. The lowest BCUT2D eigenvalue weighted by molar-refractivity contribution is 0.627. The van der Waals surface area contributed by atoms with Gasteiger partial charge in [0.1, 0.15) is 11.6 Å². The van der Waals surface area contributed by atoms with Gasteiger partial charge in [-0.25, -0.2) is 9.37 Å². The van der Waals surface area contributed by atoms with Crippen LogP contribution in [0, 0.1) is 5.82 Å². The molecule has 2 nitrogen and oxygen atoms in total. The number of rotatable bonds is 2. The van der Waals surface area contributed by atoms with Gasteiger partial charge in [0.15, 0.2) is 0 Å². The predicted molar refractivity (Wildman–Crippen MR) is 85.6 cm³/mol. The number of alkyl halides is 1. The molecule has 0 aliphatic heterocycles. The number of hydrogen-bond donors (Lipinski definition) is 0. The minimum absolute atomic E-state index is 0.0525. The Morgan fingerprint density at radius 1 is 1.00 bits per heavy atom. The van der Waals surface area contributed by atoms with Crippen LogP contribution in [0.4, 0.5) is 4.39 Å². The predicted octanol–water partition coefficient (Wildman–Crippen LogP) is 5.86. The van der Waals surface area contributed by atoms with Gasteiger partial charge in [0.25, 0.3) is 0 Å². The van der Waals surface area contributed by atoms with Crippen LogP contribution in [0.2, 0.25) is 15.1 Å². The van der Waals surface area contributed by atoms with Crippen molar-refractivity contribution in [3.8, 4) is 5.69 Å². The zero-order valence-corrected chi connectivity index (χ0v) is 13.4. The first-order valence-electron chi connectivity index (χ1n) is 5.89. The fraction of sp³-hybridized carbons (Fsp3) is 0.0714. The Morgan fingerprint density at radius 3 is 2.38 bits per heavy atom. The fourth-order valence-corrected chi connectivity index (χ4v) is 2.74. The van der Waals surface area contributed by atoms with Crippen molar-refractivity contribution in [1.82, 2.24) is 9.55 Å². The molecule has 0 amide bonds. The maximum absolute atomic E-state index is 13.7. The van der Waals surface area contributed by atoms with Gasteiger partial charge >= 0.3 is 0 Å². The van der Waals surface area contributed by atoms with Crippen LogP contribution in [0.5, 0.6) is 0 Å². The SMILES string of the molecule is Fc1cc(-n2c(CCl)nc3cc(Cl)c(Cl)cc32)ccc1Cl. The van der Waals surface area contributed by atoms with E-state index in [1.807, 2.05) is 0 Å². The van der Waals surface area contributed by atoms with Gasteiger partial charge in [-0.3, -0.25) is 4.57 Å². The summed E-state index contributed by atoms with van der Waals surface area (Å²) >= 11 is 23.7. The molecule has 0 spiro atoms. The molecule has 2 aromatic carbocycles. The number of fused-ring (bicyclic) bond motifs is 1. The minimum Gasteiger partial charge on any atom is -0.295 e. The van der Waals surface area contributed by atoms with E-state index in [0.29, 0.717) is 32.6 Å². The third kappa shape index (κ3) is 2.59. The van der Waals surface area contributed by atoms with E-state index in [4.69, 9.17) is 46.4 Å². The monoisotopic (exact) mass is 362 g/mol. The lowest BCUT2D eigenvalue weighted by atomic mass is 10.2. The van der Waals surface area contributed by atoms with Crippen LogP contribution >= 0.6 is 46.4 Å². The van der Waals surface area contributed by atoms with Crippen molar-refractivity contribution < 1.29 is 4.39 Å². The average molecular weight is 364 g/mol. The molecule has 0 atom stereocenters. The van der Waals surface area contributed by atoms with E-state index < -0.39 is 5.82 Å². The first-order valence-corrected chi connectivity index (χ1v) is 7.56. The normalized spacial score (nSPS) is 11.3. The molecule has 0 aliphatic carbocycles. The molecule has 1 aromatic heterocycles. The topological polar surface area (TPSA) is 17.8 Å². The first kappa shape index (κ1) is 14.9. The largest absolute Gasteiger partial charge is 0.295 e. The van der Waals surface area contributed by atoms with E-state index in [1.54, 1.807) is 22.8 Å². The number of aromatic nitrogens is 2. The fourth-order valence-electron chi connectivity index (χ4n) is 2.12. The molecule has 0 unspecified atom stereocenters. The molecule has 108 valence electrons. The highest BCUT2D eigenvalue weighted by Gasteiger charge is 2.15. The number of hydrogen-bond acceptors (Lipinski definition) is 1. The van der Waals surface area contributed by atoms with Gasteiger partial charge in [0, 0.05) is 0 Å². The van der Waals surface area contributed by atoms with Crippen molar-refractivity contribution in [1.29, 1.82) is 0 Å². The van der Waals surface area contributed by atoms with Gasteiger partial charge in [0.05, 0.1) is 37.7 Å². The second-order valence-corrected chi connectivity index (χ2v) is 5.84. The van der Waals surface area contributed by atoms with Crippen LogP contribution < -0.4 is 0 Å². The second kappa shape index (κ2) is 5.65. The number of nitrogens with zero attached hydrogens (tertiary/aromatic N) is 2. The van der Waals surface area contributed by atoms with Crippen LogP contribution in [0.3, 0.4) is 0 Å². The molecule has 0 N–H and O–H groups in total. The molecule has 7 heteroatoms. The Bertz CT molecular complexity index is 845. The number of imidazole rings is 1. The van der Waals surface area contributed by atoms with Crippen LogP contribution in [-0.2, 0) is 5.88 Å². The van der Waals surface area contributed by atoms with E-state index in [2.05, 4.69) is 4.98 Å². The lowest BCUT2D eigenvalue weighted by Gasteiger charge is -2.09. The number of halogens is 5. The molecule has 3 rings (SSSR count). The van der Waals surface area contributed by atoms with Crippen molar-refractivity contribution in [2.24, 2.45) is 0 Å². The van der Waals surface area contributed by atoms with Gasteiger partial charge in [-0.1, -0.05) is 34.8 Å². The molecule has 1 heterocycles. The molecule has 3 aromatic rings. The van der Waals surface area contributed by atoms with Gasteiger partial charge in [0.2, 0.25) is 0 Å². The van der Waals surface area contributed by atoms with Gasteiger partial charge in [-0.15, -0.1) is 11.6 Å². The summed E-state index contributed by atoms with van der Waals surface area (Å²) in [5.74, 6) is 0.206. The summed E-state index contributed by atoms with van der Waals surface area (Å²) in [7, 11) is 0. The summed E-state index contributed by atoms with van der Waals surface area (Å²) in [6, 6.07) is 7.81. The summed E-state index contributed by atoms with van der Waals surface area (Å²) < 4.78 is 15.4. The Kier molecular flexibility index (Phi) is 4.02. The van der Waals surface area contributed by atoms with Crippen molar-refractivity contribution in [2.75, 3.05) is 0 Å². The highest BCUT2D eigenvalue weighted by atomic mass is 35.5. The van der Waals surface area contributed by atoms with E-state index in [9.17, 15) is 4.39 Å². The maximum atomic E-state index is 13.7. The summed E-state index contributed by atoms with van der Waals surface area (Å²) in [6.45, 7) is 0. The second-order valence-electron chi connectivity index (χ2n) is 4.35. The van der Waals surface area contributed by atoms with E-state index >= 15 is 0 Å². The zero-order valence-electron chi connectivity index (χ0n) is 10.4.